The van der Waals surface area contributed by atoms with Crippen molar-refractivity contribution in [2.75, 3.05) is 10.6 Å². The highest BCUT2D eigenvalue weighted by Crippen LogP contribution is 2.18. The molecule has 154 valence electrons. The Hall–Kier alpha value is -4.74. The van der Waals surface area contributed by atoms with Gasteiger partial charge in [-0.3, -0.25) is 9.59 Å². The van der Waals surface area contributed by atoms with Crippen LogP contribution in [0.3, 0.4) is 0 Å². The Morgan fingerprint density at radius 2 is 0.700 bits per heavy atom. The molecule has 0 radical (unpaired) electrons. The van der Waals surface area contributed by atoms with Crippen LogP contribution >= 0.6 is 0 Å². The molecule has 0 fully saturated rings. The van der Waals surface area contributed by atoms with Crippen LogP contribution in [0.4, 0.5) is 11.4 Å². The molecule has 2 aromatic carbocycles. The molecule has 0 bridgehead atoms. The molecule has 0 atom stereocenters. The van der Waals surface area contributed by atoms with Gasteiger partial charge in [-0.05, 0) is 36.4 Å². The van der Waals surface area contributed by atoms with Gasteiger partial charge in [-0.2, -0.15) is 0 Å². The van der Waals surface area contributed by atoms with Crippen LogP contribution in [-0.2, 0) is 9.59 Å². The SMILES string of the molecule is O=C(Nc1cc(C(=O)O)cc(C(=O)O)c1)C(=O)Nc1cc(C(=O)O)cc(C(=O)O)c1. The third-order valence-electron chi connectivity index (χ3n) is 3.58. The summed E-state index contributed by atoms with van der Waals surface area (Å²) >= 11 is 0. The van der Waals surface area contributed by atoms with Gasteiger partial charge in [-0.15, -0.1) is 0 Å². The first-order valence-electron chi connectivity index (χ1n) is 7.83. The van der Waals surface area contributed by atoms with E-state index in [1.807, 2.05) is 10.6 Å². The summed E-state index contributed by atoms with van der Waals surface area (Å²) in [5, 5.41) is 40.1. The molecule has 0 saturated heterocycles. The van der Waals surface area contributed by atoms with E-state index in [0.29, 0.717) is 0 Å². The minimum atomic E-state index is -1.47. The van der Waals surface area contributed by atoms with Crippen LogP contribution in [0.15, 0.2) is 36.4 Å². The van der Waals surface area contributed by atoms with Gasteiger partial charge in [0, 0.05) is 11.4 Å². The summed E-state index contributed by atoms with van der Waals surface area (Å²) in [6.07, 6.45) is 0. The predicted molar refractivity (Wildman–Crippen MR) is 98.0 cm³/mol. The summed E-state index contributed by atoms with van der Waals surface area (Å²) < 4.78 is 0. The number of hydrogen-bond acceptors (Lipinski definition) is 6. The van der Waals surface area contributed by atoms with E-state index in [4.69, 9.17) is 20.4 Å². The number of carboxylic acid groups (broad SMARTS) is 4. The Morgan fingerprint density at radius 3 is 0.900 bits per heavy atom. The monoisotopic (exact) mass is 416 g/mol. The van der Waals surface area contributed by atoms with Crippen LogP contribution in [0.1, 0.15) is 41.4 Å². The van der Waals surface area contributed by atoms with Crippen molar-refractivity contribution in [3.63, 3.8) is 0 Å². The van der Waals surface area contributed by atoms with E-state index >= 15 is 0 Å². The van der Waals surface area contributed by atoms with E-state index in [-0.39, 0.29) is 11.4 Å². The number of rotatable bonds is 6. The maximum Gasteiger partial charge on any atom is 0.335 e. The zero-order valence-electron chi connectivity index (χ0n) is 14.7. The standard InChI is InChI=1S/C18H12N2O10/c21-13(19-11-3-7(15(23)24)1-8(4-11)16(25)26)14(22)20-12-5-9(17(27)28)2-10(6-12)18(29)30/h1-6H,(H,19,21)(H,20,22)(H,23,24)(H,25,26)(H,27,28)(H,29,30). The minimum absolute atomic E-state index is 0.294. The second-order valence-corrected chi connectivity index (χ2v) is 5.73. The first kappa shape index (κ1) is 21.6. The molecule has 2 aromatic rings. The first-order valence-corrected chi connectivity index (χ1v) is 7.83. The molecule has 0 heterocycles. The van der Waals surface area contributed by atoms with Gasteiger partial charge in [0.05, 0.1) is 22.3 Å². The maximum atomic E-state index is 12.1. The van der Waals surface area contributed by atoms with Crippen molar-refractivity contribution in [3.05, 3.63) is 58.7 Å². The predicted octanol–water partition coefficient (Wildman–Crippen LogP) is 1.06. The lowest BCUT2D eigenvalue weighted by atomic mass is 10.1. The molecule has 2 amide bonds. The number of nitrogens with one attached hydrogen (secondary N) is 2. The topological polar surface area (TPSA) is 207 Å². The van der Waals surface area contributed by atoms with Crippen molar-refractivity contribution in [3.8, 4) is 0 Å². The van der Waals surface area contributed by atoms with Crippen LogP contribution in [-0.4, -0.2) is 56.1 Å². The van der Waals surface area contributed by atoms with Gasteiger partial charge < -0.3 is 31.1 Å². The van der Waals surface area contributed by atoms with Crippen LogP contribution in [0, 0.1) is 0 Å². The number of carbonyl (C=O) groups excluding carboxylic acids is 2. The molecule has 30 heavy (non-hydrogen) atoms. The Bertz CT molecular complexity index is 954. The van der Waals surface area contributed by atoms with Crippen LogP contribution < -0.4 is 10.6 Å². The molecular formula is C18H12N2O10. The number of aromatic carboxylic acids is 4. The second kappa shape index (κ2) is 8.52. The van der Waals surface area contributed by atoms with Crippen LogP contribution in [0.5, 0.6) is 0 Å². The highest BCUT2D eigenvalue weighted by molar-refractivity contribution is 6.43. The summed E-state index contributed by atoms with van der Waals surface area (Å²) in [6, 6.07) is 5.40. The van der Waals surface area contributed by atoms with Crippen LogP contribution in [0.25, 0.3) is 0 Å². The minimum Gasteiger partial charge on any atom is -0.478 e. The smallest absolute Gasteiger partial charge is 0.335 e. The van der Waals surface area contributed by atoms with Crippen LogP contribution in [0.2, 0.25) is 0 Å². The Labute approximate surface area is 166 Å². The normalized spacial score (nSPS) is 10.0. The number of carboxylic acids is 4. The summed E-state index contributed by atoms with van der Waals surface area (Å²) in [6.45, 7) is 0. The van der Waals surface area contributed by atoms with Crippen molar-refractivity contribution in [2.24, 2.45) is 0 Å². The average Bonchev–Trinajstić information content (AvgIpc) is 2.67. The third kappa shape index (κ3) is 5.16. The van der Waals surface area contributed by atoms with E-state index in [2.05, 4.69) is 0 Å². The fourth-order valence-electron chi connectivity index (χ4n) is 2.27. The molecule has 6 N–H and O–H groups in total. The summed E-state index contributed by atoms with van der Waals surface area (Å²) in [4.78, 5) is 68.5. The van der Waals surface area contributed by atoms with Gasteiger partial charge in [-0.25, -0.2) is 19.2 Å². The quantitative estimate of drug-likeness (QED) is 0.369. The molecule has 2 rings (SSSR count). The highest BCUT2D eigenvalue weighted by atomic mass is 16.4. The van der Waals surface area contributed by atoms with Gasteiger partial charge in [-0.1, -0.05) is 0 Å². The van der Waals surface area contributed by atoms with Gasteiger partial charge in [0.2, 0.25) is 0 Å². The summed E-state index contributed by atoms with van der Waals surface area (Å²) in [5.74, 6) is -8.55. The molecule has 12 heteroatoms. The molecule has 12 nitrogen and oxygen atoms in total. The summed E-state index contributed by atoms with van der Waals surface area (Å²) in [7, 11) is 0. The molecule has 0 saturated carbocycles. The molecule has 0 aliphatic rings. The van der Waals surface area contributed by atoms with Crippen molar-refractivity contribution < 1.29 is 49.2 Å². The number of benzene rings is 2. The Morgan fingerprint density at radius 1 is 0.467 bits per heavy atom. The molecule has 0 aromatic heterocycles. The number of anilines is 2. The molecule has 0 spiro atoms. The number of hydrogen-bond donors (Lipinski definition) is 6. The lowest BCUT2D eigenvalue weighted by Gasteiger charge is -2.09. The van der Waals surface area contributed by atoms with E-state index in [1.54, 1.807) is 0 Å². The van der Waals surface area contributed by atoms with E-state index in [1.165, 1.54) is 0 Å². The lowest BCUT2D eigenvalue weighted by Crippen LogP contribution is -2.29. The molecular weight excluding hydrogens is 404 g/mol. The van der Waals surface area contributed by atoms with E-state index < -0.39 is 57.9 Å². The third-order valence-corrected chi connectivity index (χ3v) is 3.58. The van der Waals surface area contributed by atoms with E-state index in [0.717, 1.165) is 36.4 Å². The van der Waals surface area contributed by atoms with Gasteiger partial charge in [0.25, 0.3) is 0 Å². The van der Waals surface area contributed by atoms with Crippen molar-refractivity contribution in [1.82, 2.24) is 0 Å². The summed E-state index contributed by atoms with van der Waals surface area (Å²) in [5.41, 5.74) is -2.40. The lowest BCUT2D eigenvalue weighted by molar-refractivity contribution is -0.132. The zero-order chi connectivity index (χ0) is 22.6. The molecule has 0 aliphatic carbocycles. The molecule has 0 aliphatic heterocycles. The largest absolute Gasteiger partial charge is 0.478 e. The van der Waals surface area contributed by atoms with Gasteiger partial charge in [0.15, 0.2) is 0 Å². The van der Waals surface area contributed by atoms with Crippen molar-refractivity contribution in [1.29, 1.82) is 0 Å². The van der Waals surface area contributed by atoms with Gasteiger partial charge >= 0.3 is 35.7 Å². The fraction of sp³-hybridized carbons (Fsp3) is 0. The second-order valence-electron chi connectivity index (χ2n) is 5.73. The van der Waals surface area contributed by atoms with Gasteiger partial charge in [0.1, 0.15) is 0 Å². The number of amides is 2. The van der Waals surface area contributed by atoms with E-state index in [9.17, 15) is 28.8 Å². The highest BCUT2D eigenvalue weighted by Gasteiger charge is 2.19. The Balaban J connectivity index is 2.26. The van der Waals surface area contributed by atoms with Crippen molar-refractivity contribution >= 4 is 47.1 Å². The zero-order valence-corrected chi connectivity index (χ0v) is 14.7. The maximum absolute atomic E-state index is 12.1. The molecule has 0 unspecified atom stereocenters. The fourth-order valence-corrected chi connectivity index (χ4v) is 2.27. The average molecular weight is 416 g/mol. The Kier molecular flexibility index (Phi) is 6.12. The first-order chi connectivity index (χ1) is 14.0. The van der Waals surface area contributed by atoms with Crippen molar-refractivity contribution in [2.45, 2.75) is 0 Å². The number of carbonyl (C=O) groups is 6.